The Bertz CT molecular complexity index is 1130. The molecule has 0 atom stereocenters. The molecule has 174 valence electrons. The number of hydrogen-bond donors (Lipinski definition) is 3. The molecule has 0 bridgehead atoms. The van der Waals surface area contributed by atoms with Gasteiger partial charge in [0.1, 0.15) is 22.9 Å². The molecule has 1 aliphatic rings. The molecule has 1 aliphatic carbocycles. The van der Waals surface area contributed by atoms with Crippen LogP contribution in [0.3, 0.4) is 0 Å². The highest BCUT2D eigenvalue weighted by atomic mass is 127. The van der Waals surface area contributed by atoms with Crippen LogP contribution in [0.4, 0.5) is 30.2 Å². The predicted molar refractivity (Wildman–Crippen MR) is 127 cm³/mol. The van der Waals surface area contributed by atoms with E-state index in [0.717, 1.165) is 12.5 Å². The highest BCUT2D eigenvalue weighted by Crippen LogP contribution is 2.41. The Morgan fingerprint density at radius 1 is 1.19 bits per heavy atom. The number of halogens is 4. The molecule has 0 heterocycles. The van der Waals surface area contributed by atoms with Gasteiger partial charge >= 0.3 is 0 Å². The van der Waals surface area contributed by atoms with Gasteiger partial charge in [-0.2, -0.15) is 13.1 Å². The molecule has 2 aromatic rings. The summed E-state index contributed by atoms with van der Waals surface area (Å²) in [5, 5.41) is 2.46. The second kappa shape index (κ2) is 9.87. The molecule has 0 aliphatic heterocycles. The molecule has 6 nitrogen and oxygen atoms in total. The Morgan fingerprint density at radius 2 is 1.91 bits per heavy atom. The number of rotatable bonds is 10. The molecule has 0 amide bonds. The normalized spacial score (nSPS) is 15.0. The molecule has 0 saturated heterocycles. The zero-order chi connectivity index (χ0) is 23.5. The molecule has 11 heteroatoms. The summed E-state index contributed by atoms with van der Waals surface area (Å²) in [5.74, 6) is -3.65. The SMILES string of the molecule is C=CCCC1(NS(=O)(=O)Nc2c(OC)cc(F)c(F)c2Nc2ccc(I)cc2F)CCC1. The minimum absolute atomic E-state index is 0.160. The van der Waals surface area contributed by atoms with Gasteiger partial charge in [0.15, 0.2) is 11.6 Å². The van der Waals surface area contributed by atoms with Crippen LogP contribution in [-0.4, -0.2) is 21.1 Å². The van der Waals surface area contributed by atoms with Crippen molar-refractivity contribution in [1.82, 2.24) is 4.72 Å². The van der Waals surface area contributed by atoms with E-state index in [1.807, 2.05) is 22.6 Å². The van der Waals surface area contributed by atoms with Gasteiger partial charge in [-0.05, 0) is 72.9 Å². The summed E-state index contributed by atoms with van der Waals surface area (Å²) in [5.41, 5.74) is -1.77. The van der Waals surface area contributed by atoms with Gasteiger partial charge in [0.2, 0.25) is 0 Å². The molecule has 0 spiro atoms. The topological polar surface area (TPSA) is 79.5 Å². The van der Waals surface area contributed by atoms with E-state index in [1.165, 1.54) is 19.2 Å². The zero-order valence-electron chi connectivity index (χ0n) is 17.3. The molecular formula is C21H23F3IN3O3S. The molecule has 0 unspecified atom stereocenters. The third kappa shape index (κ3) is 5.49. The van der Waals surface area contributed by atoms with Gasteiger partial charge in [0.25, 0.3) is 10.2 Å². The van der Waals surface area contributed by atoms with Crippen molar-refractivity contribution in [2.45, 2.75) is 37.6 Å². The van der Waals surface area contributed by atoms with Gasteiger partial charge in [-0.15, -0.1) is 6.58 Å². The molecule has 1 fully saturated rings. The van der Waals surface area contributed by atoms with Gasteiger partial charge < -0.3 is 10.1 Å². The van der Waals surface area contributed by atoms with Gasteiger partial charge in [0.05, 0.1) is 12.8 Å². The average molecular weight is 581 g/mol. The molecule has 3 N–H and O–H groups in total. The number of methoxy groups -OCH3 is 1. The van der Waals surface area contributed by atoms with Crippen molar-refractivity contribution >= 4 is 49.9 Å². The summed E-state index contributed by atoms with van der Waals surface area (Å²) in [6.45, 7) is 3.67. The first-order valence-corrected chi connectivity index (χ1v) is 12.4. The van der Waals surface area contributed by atoms with Crippen LogP contribution in [0.5, 0.6) is 5.75 Å². The van der Waals surface area contributed by atoms with E-state index in [9.17, 15) is 21.6 Å². The lowest BCUT2D eigenvalue weighted by Gasteiger charge is -2.42. The average Bonchev–Trinajstić information content (AvgIpc) is 2.70. The standard InChI is InChI=1S/C21H23F3IN3O3S/c1-3-4-8-21(9-5-10-21)28-32(29,30)27-19-17(31-2)12-15(23)18(24)20(19)26-16-7-6-13(25)11-14(16)22/h3,6-7,11-12,26-28H,1,4-5,8-10H2,2H3. The highest BCUT2D eigenvalue weighted by molar-refractivity contribution is 14.1. The van der Waals surface area contributed by atoms with Crippen LogP contribution >= 0.6 is 22.6 Å². The summed E-state index contributed by atoms with van der Waals surface area (Å²) >= 11 is 1.90. The summed E-state index contributed by atoms with van der Waals surface area (Å²) in [6.07, 6.45) is 5.05. The number of benzene rings is 2. The van der Waals surface area contributed by atoms with Gasteiger partial charge in [-0.25, -0.2) is 13.2 Å². The monoisotopic (exact) mass is 581 g/mol. The Labute approximate surface area is 198 Å². The van der Waals surface area contributed by atoms with Gasteiger partial charge in [0, 0.05) is 15.2 Å². The van der Waals surface area contributed by atoms with Crippen molar-refractivity contribution in [3.05, 3.63) is 57.9 Å². The predicted octanol–water partition coefficient (Wildman–Crippen LogP) is 5.60. The van der Waals surface area contributed by atoms with Gasteiger partial charge in [-0.3, -0.25) is 4.72 Å². The lowest BCUT2D eigenvalue weighted by Crippen LogP contribution is -2.54. The highest BCUT2D eigenvalue weighted by Gasteiger charge is 2.40. The number of anilines is 3. The maximum atomic E-state index is 14.7. The third-order valence-electron chi connectivity index (χ3n) is 5.32. The first-order chi connectivity index (χ1) is 15.1. The van der Waals surface area contributed by atoms with E-state index in [4.69, 9.17) is 4.74 Å². The molecule has 1 saturated carbocycles. The van der Waals surface area contributed by atoms with Crippen LogP contribution in [0.25, 0.3) is 0 Å². The van der Waals surface area contributed by atoms with Crippen LogP contribution in [0, 0.1) is 21.0 Å². The Hall–Kier alpha value is -1.99. The van der Waals surface area contributed by atoms with Crippen molar-refractivity contribution in [3.8, 4) is 5.75 Å². The maximum Gasteiger partial charge on any atom is 0.299 e. The van der Waals surface area contributed by atoms with E-state index in [-0.39, 0.29) is 17.1 Å². The maximum absolute atomic E-state index is 14.7. The van der Waals surface area contributed by atoms with E-state index < -0.39 is 38.9 Å². The summed E-state index contributed by atoms with van der Waals surface area (Å²) in [4.78, 5) is 0. The van der Waals surface area contributed by atoms with Crippen LogP contribution in [0.2, 0.25) is 0 Å². The van der Waals surface area contributed by atoms with Gasteiger partial charge in [-0.1, -0.05) is 6.08 Å². The van der Waals surface area contributed by atoms with Crippen molar-refractivity contribution < 1.29 is 26.3 Å². The first-order valence-electron chi connectivity index (χ1n) is 9.80. The Kier molecular flexibility index (Phi) is 7.61. The second-order valence-corrected chi connectivity index (χ2v) is 10.2. The van der Waals surface area contributed by atoms with Crippen LogP contribution in [0.15, 0.2) is 36.9 Å². The quantitative estimate of drug-likeness (QED) is 0.252. The number of ether oxygens (including phenoxy) is 1. The smallest absolute Gasteiger partial charge is 0.299 e. The van der Waals surface area contributed by atoms with Crippen LogP contribution in [-0.2, 0) is 10.2 Å². The zero-order valence-corrected chi connectivity index (χ0v) is 20.2. The Balaban J connectivity index is 1.99. The molecular weight excluding hydrogens is 558 g/mol. The summed E-state index contributed by atoms with van der Waals surface area (Å²) in [6, 6.07) is 4.82. The van der Waals surface area contributed by atoms with Crippen molar-refractivity contribution in [3.63, 3.8) is 0 Å². The number of nitrogens with one attached hydrogen (secondary N) is 3. The molecule has 0 radical (unpaired) electrons. The molecule has 3 rings (SSSR count). The van der Waals surface area contributed by atoms with Crippen molar-refractivity contribution in [1.29, 1.82) is 0 Å². The summed E-state index contributed by atoms with van der Waals surface area (Å²) in [7, 11) is -3.03. The minimum atomic E-state index is -4.22. The fourth-order valence-electron chi connectivity index (χ4n) is 3.54. The van der Waals surface area contributed by atoms with E-state index in [0.29, 0.717) is 29.3 Å². The lowest BCUT2D eigenvalue weighted by atomic mass is 9.75. The van der Waals surface area contributed by atoms with Crippen LogP contribution < -0.4 is 19.5 Å². The minimum Gasteiger partial charge on any atom is -0.494 e. The second-order valence-electron chi connectivity index (χ2n) is 7.54. The molecule has 32 heavy (non-hydrogen) atoms. The number of allylic oxidation sites excluding steroid dienone is 1. The largest absolute Gasteiger partial charge is 0.494 e. The number of hydrogen-bond acceptors (Lipinski definition) is 4. The lowest BCUT2D eigenvalue weighted by molar-refractivity contribution is 0.207. The Morgan fingerprint density at radius 3 is 2.47 bits per heavy atom. The first kappa shape index (κ1) is 24.6. The van der Waals surface area contributed by atoms with Crippen LogP contribution in [0.1, 0.15) is 32.1 Å². The van der Waals surface area contributed by atoms with E-state index in [1.54, 1.807) is 12.1 Å². The fourth-order valence-corrected chi connectivity index (χ4v) is 5.39. The summed E-state index contributed by atoms with van der Waals surface area (Å²) < 4.78 is 79.7. The fraction of sp³-hybridized carbons (Fsp3) is 0.333. The molecule has 2 aromatic carbocycles. The van der Waals surface area contributed by atoms with E-state index >= 15 is 0 Å². The van der Waals surface area contributed by atoms with Crippen molar-refractivity contribution in [2.24, 2.45) is 0 Å². The molecule has 0 aromatic heterocycles. The van der Waals surface area contributed by atoms with Crippen molar-refractivity contribution in [2.75, 3.05) is 17.1 Å². The van der Waals surface area contributed by atoms with E-state index in [2.05, 4.69) is 21.3 Å². The third-order valence-corrected chi connectivity index (χ3v) is 7.16.